The second-order valence-electron chi connectivity index (χ2n) is 4.63. The van der Waals surface area contributed by atoms with Gasteiger partial charge in [-0.15, -0.1) is 0 Å². The third kappa shape index (κ3) is 2.26. The van der Waals surface area contributed by atoms with E-state index in [9.17, 15) is 0 Å². The molecule has 19 heavy (non-hydrogen) atoms. The molecule has 0 amide bonds. The molecular weight excluding hydrogens is 238 g/mol. The first-order valence-corrected chi connectivity index (χ1v) is 6.76. The van der Waals surface area contributed by atoms with Crippen LogP contribution in [0.2, 0.25) is 0 Å². The van der Waals surface area contributed by atoms with E-state index in [0.717, 1.165) is 40.9 Å². The van der Waals surface area contributed by atoms with Gasteiger partial charge in [0.1, 0.15) is 17.4 Å². The van der Waals surface area contributed by atoms with Crippen LogP contribution in [0.1, 0.15) is 26.2 Å². The van der Waals surface area contributed by atoms with E-state index >= 15 is 0 Å². The Kier molecular flexibility index (Phi) is 3.31. The van der Waals surface area contributed by atoms with Crippen molar-refractivity contribution in [3.63, 3.8) is 0 Å². The highest BCUT2D eigenvalue weighted by atomic mass is 16.3. The summed E-state index contributed by atoms with van der Waals surface area (Å²) in [6.07, 6.45) is 5.17. The van der Waals surface area contributed by atoms with Crippen LogP contribution in [-0.2, 0) is 0 Å². The van der Waals surface area contributed by atoms with Gasteiger partial charge >= 0.3 is 0 Å². The van der Waals surface area contributed by atoms with Crippen molar-refractivity contribution in [1.29, 1.82) is 0 Å². The van der Waals surface area contributed by atoms with E-state index in [1.807, 2.05) is 24.3 Å². The van der Waals surface area contributed by atoms with Crippen molar-refractivity contribution >= 4 is 27.9 Å². The number of anilines is 1. The van der Waals surface area contributed by atoms with Gasteiger partial charge < -0.3 is 9.73 Å². The van der Waals surface area contributed by atoms with Crippen molar-refractivity contribution in [1.82, 2.24) is 9.97 Å². The Morgan fingerprint density at radius 1 is 1.16 bits per heavy atom. The Bertz CT molecular complexity index is 690. The number of hydrogen-bond donors (Lipinski definition) is 1. The van der Waals surface area contributed by atoms with E-state index < -0.39 is 0 Å². The first-order valence-electron chi connectivity index (χ1n) is 6.76. The van der Waals surface area contributed by atoms with Crippen molar-refractivity contribution in [3.05, 3.63) is 30.6 Å². The smallest absolute Gasteiger partial charge is 0.196 e. The van der Waals surface area contributed by atoms with Crippen LogP contribution >= 0.6 is 0 Å². The molecule has 98 valence electrons. The monoisotopic (exact) mass is 255 g/mol. The van der Waals surface area contributed by atoms with Gasteiger partial charge in [0.25, 0.3) is 0 Å². The van der Waals surface area contributed by atoms with Crippen LogP contribution in [0.25, 0.3) is 22.1 Å². The molecule has 0 saturated heterocycles. The molecule has 2 aromatic heterocycles. The molecule has 1 N–H and O–H groups in total. The number of unbranched alkanes of at least 4 members (excludes halogenated alkanes) is 2. The van der Waals surface area contributed by atoms with Crippen molar-refractivity contribution in [3.8, 4) is 0 Å². The standard InChI is InChI=1S/C15H17N3O/c1-2-3-6-9-16-15-14-13(17-10-18-15)11-7-4-5-8-12(11)19-14/h4-5,7-8,10H,2-3,6,9H2,1H3,(H,16,17,18). The molecule has 1 aromatic carbocycles. The Labute approximate surface area is 111 Å². The number of aromatic nitrogens is 2. The van der Waals surface area contributed by atoms with Crippen LogP contribution in [0.5, 0.6) is 0 Å². The average molecular weight is 255 g/mol. The zero-order valence-electron chi connectivity index (χ0n) is 11.0. The van der Waals surface area contributed by atoms with Gasteiger partial charge in [0.2, 0.25) is 0 Å². The molecule has 4 nitrogen and oxygen atoms in total. The number of furan rings is 1. The molecule has 0 atom stereocenters. The zero-order chi connectivity index (χ0) is 13.1. The fourth-order valence-corrected chi connectivity index (χ4v) is 2.23. The van der Waals surface area contributed by atoms with E-state index in [1.54, 1.807) is 6.33 Å². The fraction of sp³-hybridized carbons (Fsp3) is 0.333. The van der Waals surface area contributed by atoms with Gasteiger partial charge in [-0.05, 0) is 18.6 Å². The summed E-state index contributed by atoms with van der Waals surface area (Å²) < 4.78 is 5.85. The van der Waals surface area contributed by atoms with Crippen LogP contribution < -0.4 is 5.32 Å². The maximum atomic E-state index is 5.85. The van der Waals surface area contributed by atoms with Gasteiger partial charge in [-0.3, -0.25) is 0 Å². The summed E-state index contributed by atoms with van der Waals surface area (Å²) in [7, 11) is 0. The topological polar surface area (TPSA) is 51.0 Å². The number of benzene rings is 1. The third-order valence-electron chi connectivity index (χ3n) is 3.23. The molecule has 4 heteroatoms. The molecule has 0 aliphatic heterocycles. The van der Waals surface area contributed by atoms with Crippen LogP contribution in [0.15, 0.2) is 35.0 Å². The second kappa shape index (κ2) is 5.26. The predicted molar refractivity (Wildman–Crippen MR) is 77.3 cm³/mol. The molecule has 2 heterocycles. The van der Waals surface area contributed by atoms with E-state index in [0.29, 0.717) is 0 Å². The number of para-hydroxylation sites is 1. The summed E-state index contributed by atoms with van der Waals surface area (Å²) in [4.78, 5) is 8.61. The minimum absolute atomic E-state index is 0.750. The van der Waals surface area contributed by atoms with Crippen LogP contribution in [-0.4, -0.2) is 16.5 Å². The van der Waals surface area contributed by atoms with Gasteiger partial charge in [0.15, 0.2) is 11.4 Å². The highest BCUT2D eigenvalue weighted by molar-refractivity contribution is 6.05. The largest absolute Gasteiger partial charge is 0.450 e. The van der Waals surface area contributed by atoms with Crippen molar-refractivity contribution in [2.24, 2.45) is 0 Å². The minimum Gasteiger partial charge on any atom is -0.450 e. The van der Waals surface area contributed by atoms with Gasteiger partial charge in [-0.2, -0.15) is 0 Å². The molecule has 0 radical (unpaired) electrons. The number of nitrogens with zero attached hydrogens (tertiary/aromatic N) is 2. The third-order valence-corrected chi connectivity index (χ3v) is 3.23. The number of nitrogens with one attached hydrogen (secondary N) is 1. The first kappa shape index (κ1) is 12.0. The van der Waals surface area contributed by atoms with Gasteiger partial charge in [0.05, 0.1) is 0 Å². The lowest BCUT2D eigenvalue weighted by atomic mass is 10.2. The van der Waals surface area contributed by atoms with Crippen molar-refractivity contribution in [2.45, 2.75) is 26.2 Å². The first-order chi connectivity index (χ1) is 9.40. The summed E-state index contributed by atoms with van der Waals surface area (Å²) in [6, 6.07) is 7.94. The van der Waals surface area contributed by atoms with Crippen LogP contribution in [0, 0.1) is 0 Å². The summed E-state index contributed by atoms with van der Waals surface area (Å²) in [5.41, 5.74) is 2.48. The summed E-state index contributed by atoms with van der Waals surface area (Å²) >= 11 is 0. The summed E-state index contributed by atoms with van der Waals surface area (Å²) in [6.45, 7) is 3.11. The Morgan fingerprint density at radius 2 is 2.05 bits per heavy atom. The molecule has 0 bridgehead atoms. The van der Waals surface area contributed by atoms with Crippen molar-refractivity contribution in [2.75, 3.05) is 11.9 Å². The molecule has 0 saturated carbocycles. The van der Waals surface area contributed by atoms with Crippen molar-refractivity contribution < 1.29 is 4.42 Å². The number of fused-ring (bicyclic) bond motifs is 3. The number of rotatable bonds is 5. The molecule has 0 spiro atoms. The van der Waals surface area contributed by atoms with Gasteiger partial charge in [0, 0.05) is 11.9 Å². The average Bonchev–Trinajstić information content (AvgIpc) is 2.83. The SMILES string of the molecule is CCCCCNc1ncnc2c1oc1ccccc12. The normalized spacial score (nSPS) is 11.2. The lowest BCUT2D eigenvalue weighted by Crippen LogP contribution is -2.03. The van der Waals surface area contributed by atoms with Crippen LogP contribution in [0.3, 0.4) is 0 Å². The van der Waals surface area contributed by atoms with E-state index in [-0.39, 0.29) is 0 Å². The van der Waals surface area contributed by atoms with Gasteiger partial charge in [-0.25, -0.2) is 9.97 Å². The van der Waals surface area contributed by atoms with E-state index in [4.69, 9.17) is 4.42 Å². The molecule has 3 rings (SSSR count). The highest BCUT2D eigenvalue weighted by Gasteiger charge is 2.11. The Morgan fingerprint density at radius 3 is 2.95 bits per heavy atom. The zero-order valence-corrected chi connectivity index (χ0v) is 11.0. The fourth-order valence-electron chi connectivity index (χ4n) is 2.23. The van der Waals surface area contributed by atoms with E-state index in [1.165, 1.54) is 12.8 Å². The summed E-state index contributed by atoms with van der Waals surface area (Å²) in [5, 5.41) is 4.38. The van der Waals surface area contributed by atoms with Crippen LogP contribution in [0.4, 0.5) is 5.82 Å². The molecule has 0 aliphatic rings. The molecule has 3 aromatic rings. The van der Waals surface area contributed by atoms with E-state index in [2.05, 4.69) is 22.2 Å². The Hall–Kier alpha value is -2.10. The van der Waals surface area contributed by atoms with Gasteiger partial charge in [-0.1, -0.05) is 31.9 Å². The molecule has 0 fully saturated rings. The molecule has 0 unspecified atom stereocenters. The lowest BCUT2D eigenvalue weighted by molar-refractivity contribution is 0.665. The molecular formula is C15H17N3O. The maximum absolute atomic E-state index is 5.85. The minimum atomic E-state index is 0.750. The lowest BCUT2D eigenvalue weighted by Gasteiger charge is -2.04. The summed E-state index contributed by atoms with van der Waals surface area (Å²) in [5.74, 6) is 0.789. The Balaban J connectivity index is 1.96. The second-order valence-corrected chi connectivity index (χ2v) is 4.63. The highest BCUT2D eigenvalue weighted by Crippen LogP contribution is 2.30. The quantitative estimate of drug-likeness (QED) is 0.701. The molecule has 0 aliphatic carbocycles. The predicted octanol–water partition coefficient (Wildman–Crippen LogP) is 3.98. The number of hydrogen-bond acceptors (Lipinski definition) is 4. The maximum Gasteiger partial charge on any atom is 0.196 e.